The first kappa shape index (κ1) is 23.6. The van der Waals surface area contributed by atoms with E-state index >= 15 is 0 Å². The minimum absolute atomic E-state index is 0.0434. The van der Waals surface area contributed by atoms with Crippen molar-refractivity contribution < 1.29 is 33.8 Å². The van der Waals surface area contributed by atoms with Crippen molar-refractivity contribution >= 4 is 47.2 Å². The number of aliphatic carboxylic acids is 1. The normalized spacial score (nSPS) is 15.2. The SMILES string of the molecule is COc1cc(/C=C2\NC(=O)N(CC(=O)Nc3ccc(Cl)cc3)C2=O)ccc1O[C@H](C)C(=O)[O-]. The van der Waals surface area contributed by atoms with Gasteiger partial charge in [-0.1, -0.05) is 17.7 Å². The molecule has 0 aliphatic carbocycles. The molecule has 2 aromatic carbocycles. The molecule has 0 unspecified atom stereocenters. The van der Waals surface area contributed by atoms with E-state index in [2.05, 4.69) is 10.6 Å². The predicted molar refractivity (Wildman–Crippen MR) is 116 cm³/mol. The van der Waals surface area contributed by atoms with Crippen molar-refractivity contribution in [2.75, 3.05) is 19.0 Å². The van der Waals surface area contributed by atoms with E-state index in [0.29, 0.717) is 16.3 Å². The Balaban J connectivity index is 1.71. The number of imide groups is 1. The average molecular weight is 473 g/mol. The molecule has 33 heavy (non-hydrogen) atoms. The highest BCUT2D eigenvalue weighted by atomic mass is 35.5. The maximum atomic E-state index is 12.6. The third-order valence-corrected chi connectivity index (χ3v) is 4.78. The number of methoxy groups -OCH3 is 1. The molecule has 0 saturated carbocycles. The Hall–Kier alpha value is -4.05. The molecule has 4 amide bonds. The van der Waals surface area contributed by atoms with Crippen LogP contribution in [0.1, 0.15) is 12.5 Å². The number of halogens is 1. The monoisotopic (exact) mass is 472 g/mol. The third kappa shape index (κ3) is 5.80. The standard InChI is InChI=1S/C22H20ClN3O7/c1-12(21(29)30)33-17-8-3-13(10-18(17)32-2)9-16-20(28)26(22(31)25-16)11-19(27)24-15-6-4-14(23)5-7-15/h3-10,12H,11H2,1-2H3,(H,24,27)(H,25,31)(H,29,30)/p-1/b16-9-/t12-/m1/s1. The molecule has 0 radical (unpaired) electrons. The second kappa shape index (κ2) is 10.0. The van der Waals surface area contributed by atoms with Gasteiger partial charge in [0, 0.05) is 10.7 Å². The lowest BCUT2D eigenvalue weighted by Crippen LogP contribution is -2.38. The quantitative estimate of drug-likeness (QED) is 0.437. The molecular formula is C22H19ClN3O7-. The first-order valence-corrected chi connectivity index (χ1v) is 10.0. The fourth-order valence-corrected chi connectivity index (χ4v) is 3.00. The molecule has 172 valence electrons. The van der Waals surface area contributed by atoms with Gasteiger partial charge in [0.05, 0.1) is 13.1 Å². The number of nitrogens with zero attached hydrogens (tertiary/aromatic N) is 1. The van der Waals surface area contributed by atoms with Gasteiger partial charge in [0.1, 0.15) is 18.3 Å². The van der Waals surface area contributed by atoms with E-state index < -0.39 is 36.5 Å². The fourth-order valence-electron chi connectivity index (χ4n) is 2.87. The number of nitrogens with one attached hydrogen (secondary N) is 2. The number of carboxylic acids is 1. The Bertz CT molecular complexity index is 1130. The van der Waals surface area contributed by atoms with Crippen molar-refractivity contribution in [2.24, 2.45) is 0 Å². The van der Waals surface area contributed by atoms with Gasteiger partial charge in [-0.05, 0) is 55.0 Å². The first-order chi connectivity index (χ1) is 15.7. The lowest BCUT2D eigenvalue weighted by molar-refractivity contribution is -0.312. The number of carbonyl (C=O) groups is 4. The van der Waals surface area contributed by atoms with Crippen LogP contribution in [0.2, 0.25) is 5.02 Å². The number of urea groups is 1. The van der Waals surface area contributed by atoms with Gasteiger partial charge in [0.15, 0.2) is 11.5 Å². The lowest BCUT2D eigenvalue weighted by Gasteiger charge is -2.17. The van der Waals surface area contributed by atoms with Gasteiger partial charge in [-0.15, -0.1) is 0 Å². The summed E-state index contributed by atoms with van der Waals surface area (Å²) in [5.41, 5.74) is 0.893. The van der Waals surface area contributed by atoms with Crippen LogP contribution >= 0.6 is 11.6 Å². The zero-order chi connectivity index (χ0) is 24.1. The lowest BCUT2D eigenvalue weighted by atomic mass is 10.1. The molecule has 3 rings (SSSR count). The van der Waals surface area contributed by atoms with E-state index in [4.69, 9.17) is 21.1 Å². The van der Waals surface area contributed by atoms with E-state index in [-0.39, 0.29) is 17.2 Å². The van der Waals surface area contributed by atoms with Crippen LogP contribution < -0.4 is 25.2 Å². The average Bonchev–Trinajstić information content (AvgIpc) is 3.03. The number of carboxylic acid groups (broad SMARTS) is 1. The van der Waals surface area contributed by atoms with Crippen LogP contribution in [0.4, 0.5) is 10.5 Å². The molecule has 2 N–H and O–H groups in total. The van der Waals surface area contributed by atoms with Crippen LogP contribution in [-0.4, -0.2) is 48.5 Å². The summed E-state index contributed by atoms with van der Waals surface area (Å²) >= 11 is 5.80. The Morgan fingerprint density at radius 3 is 2.52 bits per heavy atom. The summed E-state index contributed by atoms with van der Waals surface area (Å²) in [6.45, 7) is 0.830. The number of benzene rings is 2. The summed E-state index contributed by atoms with van der Waals surface area (Å²) in [6.07, 6.45) is 0.192. The van der Waals surface area contributed by atoms with Crippen molar-refractivity contribution in [2.45, 2.75) is 13.0 Å². The third-order valence-electron chi connectivity index (χ3n) is 4.53. The van der Waals surface area contributed by atoms with Crippen LogP contribution in [0.5, 0.6) is 11.5 Å². The topological polar surface area (TPSA) is 137 Å². The molecule has 11 heteroatoms. The Morgan fingerprint density at radius 2 is 1.88 bits per heavy atom. The summed E-state index contributed by atoms with van der Waals surface area (Å²) in [4.78, 5) is 48.8. The zero-order valence-electron chi connectivity index (χ0n) is 17.6. The largest absolute Gasteiger partial charge is 0.546 e. The smallest absolute Gasteiger partial charge is 0.329 e. The van der Waals surface area contributed by atoms with Gasteiger partial charge >= 0.3 is 6.03 Å². The summed E-state index contributed by atoms with van der Waals surface area (Å²) in [7, 11) is 1.37. The number of hydrogen-bond acceptors (Lipinski definition) is 7. The number of ether oxygens (including phenoxy) is 2. The van der Waals surface area contributed by atoms with Crippen molar-refractivity contribution in [3.8, 4) is 11.5 Å². The number of rotatable bonds is 8. The Labute approximate surface area is 193 Å². The minimum atomic E-state index is -1.39. The van der Waals surface area contributed by atoms with Gasteiger partial charge in [0.25, 0.3) is 5.91 Å². The van der Waals surface area contributed by atoms with Crippen LogP contribution in [-0.2, 0) is 14.4 Å². The van der Waals surface area contributed by atoms with E-state index in [1.807, 2.05) is 0 Å². The van der Waals surface area contributed by atoms with Crippen molar-refractivity contribution in [3.05, 3.63) is 58.7 Å². The van der Waals surface area contributed by atoms with Crippen molar-refractivity contribution in [3.63, 3.8) is 0 Å². The van der Waals surface area contributed by atoms with Gasteiger partial charge < -0.3 is 30.0 Å². The molecule has 1 fully saturated rings. The summed E-state index contributed by atoms with van der Waals surface area (Å²) < 4.78 is 10.5. The highest BCUT2D eigenvalue weighted by Gasteiger charge is 2.35. The molecule has 10 nitrogen and oxygen atoms in total. The van der Waals surface area contributed by atoms with Gasteiger partial charge in [-0.2, -0.15) is 0 Å². The second-order valence-corrected chi connectivity index (χ2v) is 7.36. The molecule has 1 atom stereocenters. The molecular weight excluding hydrogens is 454 g/mol. The molecule has 2 aromatic rings. The molecule has 1 saturated heterocycles. The second-order valence-electron chi connectivity index (χ2n) is 6.92. The van der Waals surface area contributed by atoms with E-state index in [1.54, 1.807) is 30.3 Å². The highest BCUT2D eigenvalue weighted by molar-refractivity contribution is 6.30. The van der Waals surface area contributed by atoms with Crippen LogP contribution in [0.15, 0.2) is 48.2 Å². The molecule has 1 aliphatic heterocycles. The summed E-state index contributed by atoms with van der Waals surface area (Å²) in [6, 6.07) is 10.1. The number of hydrogen-bond donors (Lipinski definition) is 2. The minimum Gasteiger partial charge on any atom is -0.546 e. The van der Waals surface area contributed by atoms with Crippen molar-refractivity contribution in [1.29, 1.82) is 0 Å². The molecule has 1 aliphatic rings. The van der Waals surface area contributed by atoms with Crippen LogP contribution in [0, 0.1) is 0 Å². The molecule has 0 bridgehead atoms. The van der Waals surface area contributed by atoms with Gasteiger partial charge in [-0.25, -0.2) is 9.69 Å². The summed E-state index contributed by atoms with van der Waals surface area (Å²) in [5, 5.41) is 16.4. The maximum Gasteiger partial charge on any atom is 0.329 e. The Morgan fingerprint density at radius 1 is 1.18 bits per heavy atom. The number of anilines is 1. The van der Waals surface area contributed by atoms with Gasteiger partial charge in [-0.3, -0.25) is 9.59 Å². The number of carbonyl (C=O) groups excluding carboxylic acids is 4. The van der Waals surface area contributed by atoms with Crippen LogP contribution in [0.3, 0.4) is 0 Å². The van der Waals surface area contributed by atoms with E-state index in [1.165, 1.54) is 32.2 Å². The predicted octanol–water partition coefficient (Wildman–Crippen LogP) is 1.40. The van der Waals surface area contributed by atoms with E-state index in [0.717, 1.165) is 4.90 Å². The first-order valence-electron chi connectivity index (χ1n) is 9.63. The Kier molecular flexibility index (Phi) is 7.19. The van der Waals surface area contributed by atoms with E-state index in [9.17, 15) is 24.3 Å². The fraction of sp³-hybridized carbons (Fsp3) is 0.182. The number of amides is 4. The zero-order valence-corrected chi connectivity index (χ0v) is 18.3. The molecule has 0 aromatic heterocycles. The van der Waals surface area contributed by atoms with Crippen LogP contribution in [0.25, 0.3) is 6.08 Å². The summed E-state index contributed by atoms with van der Waals surface area (Å²) in [5.74, 6) is -2.25. The molecule has 1 heterocycles. The highest BCUT2D eigenvalue weighted by Crippen LogP contribution is 2.30. The van der Waals surface area contributed by atoms with Gasteiger partial charge in [0.2, 0.25) is 5.91 Å². The molecule has 0 spiro atoms. The maximum absolute atomic E-state index is 12.6. The van der Waals surface area contributed by atoms with Crippen molar-refractivity contribution in [1.82, 2.24) is 10.2 Å².